The molecule has 2 aromatic heterocycles. The Morgan fingerprint density at radius 3 is 2.68 bits per heavy atom. The fourth-order valence-electron chi connectivity index (χ4n) is 3.61. The molecule has 1 fully saturated rings. The molecule has 0 spiro atoms. The number of alkyl halides is 1. The predicted molar refractivity (Wildman–Crippen MR) is 126 cm³/mol. The molecule has 2 aromatic rings. The van der Waals surface area contributed by atoms with Gasteiger partial charge in [0.1, 0.15) is 11.8 Å². The van der Waals surface area contributed by atoms with E-state index in [0.717, 1.165) is 17.5 Å². The number of rotatable bonds is 8. The molecule has 0 unspecified atom stereocenters. The molecule has 0 radical (unpaired) electrons. The van der Waals surface area contributed by atoms with Crippen LogP contribution in [0.15, 0.2) is 12.3 Å². The summed E-state index contributed by atoms with van der Waals surface area (Å²) in [7, 11) is 0. The van der Waals surface area contributed by atoms with Crippen molar-refractivity contribution in [3.63, 3.8) is 0 Å². The van der Waals surface area contributed by atoms with Crippen LogP contribution in [-0.4, -0.2) is 59.1 Å². The van der Waals surface area contributed by atoms with E-state index in [9.17, 15) is 23.2 Å². The number of esters is 1. The highest BCUT2D eigenvalue weighted by molar-refractivity contribution is 7.14. The molecule has 34 heavy (non-hydrogen) atoms. The normalized spacial score (nSPS) is 18.2. The van der Waals surface area contributed by atoms with Crippen molar-refractivity contribution >= 4 is 45.6 Å². The molecule has 2 amide bonds. The summed E-state index contributed by atoms with van der Waals surface area (Å²) in [4.78, 5) is 43.9. The van der Waals surface area contributed by atoms with Crippen molar-refractivity contribution in [1.29, 1.82) is 0 Å². The minimum atomic E-state index is -1.17. The first-order valence-corrected chi connectivity index (χ1v) is 12.5. The van der Waals surface area contributed by atoms with Gasteiger partial charge in [0, 0.05) is 29.1 Å². The molecular formula is C22H28F2N4O4S2. The molecule has 1 aliphatic heterocycles. The molecule has 1 aliphatic rings. The van der Waals surface area contributed by atoms with Gasteiger partial charge in [0.25, 0.3) is 5.91 Å². The number of thiophene rings is 1. The number of hydrogen-bond donors (Lipinski definition) is 2. The van der Waals surface area contributed by atoms with Gasteiger partial charge in [0.2, 0.25) is 5.91 Å². The topological polar surface area (TPSA) is 101 Å². The van der Waals surface area contributed by atoms with Gasteiger partial charge >= 0.3 is 5.97 Å². The number of nitrogens with one attached hydrogen (secondary N) is 2. The Bertz CT molecular complexity index is 1050. The SMILES string of the molecule is Cc1sc([C@@H]2C[C@@H](F)CN2C(=O)CCNCC(=O)OC(C)(C)C)cc1C(=O)Nc1ncc(F)s1. The molecule has 0 aromatic carbocycles. The van der Waals surface area contributed by atoms with E-state index in [1.165, 1.54) is 16.2 Å². The molecule has 8 nitrogen and oxygen atoms in total. The first-order chi connectivity index (χ1) is 15.9. The van der Waals surface area contributed by atoms with E-state index in [2.05, 4.69) is 15.6 Å². The number of carbonyl (C=O) groups excluding carboxylic acids is 3. The number of thiazole rings is 1. The van der Waals surface area contributed by atoms with Gasteiger partial charge in [-0.25, -0.2) is 9.37 Å². The fourth-order valence-corrected chi connectivity index (χ4v) is 5.30. The number of likely N-dealkylation sites (tertiary alicyclic amines) is 1. The molecule has 0 bridgehead atoms. The van der Waals surface area contributed by atoms with E-state index in [-0.39, 0.29) is 43.5 Å². The van der Waals surface area contributed by atoms with E-state index >= 15 is 0 Å². The number of nitrogens with zero attached hydrogens (tertiary/aromatic N) is 2. The van der Waals surface area contributed by atoms with Crippen molar-refractivity contribution in [2.24, 2.45) is 0 Å². The average Bonchev–Trinajstić information content (AvgIpc) is 3.42. The number of hydrogen-bond acceptors (Lipinski definition) is 8. The van der Waals surface area contributed by atoms with Gasteiger partial charge in [0.15, 0.2) is 10.3 Å². The largest absolute Gasteiger partial charge is 0.459 e. The van der Waals surface area contributed by atoms with Crippen LogP contribution in [-0.2, 0) is 14.3 Å². The number of aryl methyl sites for hydroxylation is 1. The lowest BCUT2D eigenvalue weighted by atomic mass is 10.1. The monoisotopic (exact) mass is 514 g/mol. The van der Waals surface area contributed by atoms with Gasteiger partial charge in [-0.2, -0.15) is 4.39 Å². The highest BCUT2D eigenvalue weighted by atomic mass is 32.1. The number of ether oxygens (including phenoxy) is 1. The van der Waals surface area contributed by atoms with Crippen molar-refractivity contribution in [2.45, 2.75) is 58.4 Å². The smallest absolute Gasteiger partial charge is 0.320 e. The van der Waals surface area contributed by atoms with Gasteiger partial charge in [0.05, 0.1) is 30.9 Å². The third-order valence-corrected chi connectivity index (χ3v) is 6.84. The summed E-state index contributed by atoms with van der Waals surface area (Å²) >= 11 is 2.05. The maximum absolute atomic E-state index is 14.3. The maximum Gasteiger partial charge on any atom is 0.320 e. The predicted octanol–water partition coefficient (Wildman–Crippen LogP) is 3.84. The van der Waals surface area contributed by atoms with Crippen LogP contribution in [0, 0.1) is 12.1 Å². The lowest BCUT2D eigenvalue weighted by Crippen LogP contribution is -2.35. The van der Waals surface area contributed by atoms with Crippen molar-refractivity contribution < 1.29 is 27.9 Å². The van der Waals surface area contributed by atoms with Crippen LogP contribution < -0.4 is 10.6 Å². The van der Waals surface area contributed by atoms with E-state index in [1.807, 2.05) is 0 Å². The number of anilines is 1. The summed E-state index contributed by atoms with van der Waals surface area (Å²) in [5, 5.41) is 5.08. The zero-order valence-electron chi connectivity index (χ0n) is 19.4. The second-order valence-corrected chi connectivity index (χ2v) is 11.2. The van der Waals surface area contributed by atoms with E-state index in [0.29, 0.717) is 15.3 Å². The Labute approximate surface area is 204 Å². The van der Waals surface area contributed by atoms with Gasteiger partial charge < -0.3 is 15.0 Å². The average molecular weight is 515 g/mol. The van der Waals surface area contributed by atoms with Crippen LogP contribution in [0.1, 0.15) is 59.8 Å². The minimum Gasteiger partial charge on any atom is -0.459 e. The zero-order valence-corrected chi connectivity index (χ0v) is 21.1. The summed E-state index contributed by atoms with van der Waals surface area (Å²) in [6, 6.07) is 1.18. The van der Waals surface area contributed by atoms with E-state index < -0.39 is 34.8 Å². The third kappa shape index (κ3) is 7.03. The Morgan fingerprint density at radius 2 is 2.03 bits per heavy atom. The van der Waals surface area contributed by atoms with Crippen molar-refractivity contribution in [1.82, 2.24) is 15.2 Å². The van der Waals surface area contributed by atoms with E-state index in [4.69, 9.17) is 4.74 Å². The van der Waals surface area contributed by atoms with Crippen LogP contribution in [0.25, 0.3) is 0 Å². The summed E-state index contributed by atoms with van der Waals surface area (Å²) in [6.07, 6.45) is 0.106. The maximum atomic E-state index is 14.3. The van der Waals surface area contributed by atoms with Gasteiger partial charge in [-0.05, 0) is 33.8 Å². The number of aromatic nitrogens is 1. The number of halogens is 2. The molecule has 2 N–H and O–H groups in total. The quantitative estimate of drug-likeness (QED) is 0.410. The van der Waals surface area contributed by atoms with E-state index in [1.54, 1.807) is 33.8 Å². The highest BCUT2D eigenvalue weighted by Crippen LogP contribution is 2.39. The van der Waals surface area contributed by atoms with Crippen molar-refractivity contribution in [3.05, 3.63) is 32.7 Å². The Kier molecular flexibility index (Phi) is 8.37. The second-order valence-electron chi connectivity index (χ2n) is 8.95. The first kappa shape index (κ1) is 26.2. The molecule has 3 rings (SSSR count). The summed E-state index contributed by atoms with van der Waals surface area (Å²) in [6.45, 7) is 7.29. The standard InChI is InChI=1S/C22H28F2N4O4S2/c1-12-14(20(31)27-21-26-9-17(24)34-21)8-16(33-12)15-7-13(23)11-28(15)18(29)5-6-25-10-19(30)32-22(2,3)4/h8-9,13,15,25H,5-7,10-11H2,1-4H3,(H,26,27,31)/t13-,15+/m1/s1. The number of carbonyl (C=O) groups is 3. The van der Waals surface area contributed by atoms with Crippen molar-refractivity contribution in [2.75, 3.05) is 25.0 Å². The van der Waals surface area contributed by atoms with Gasteiger partial charge in [-0.1, -0.05) is 11.3 Å². The van der Waals surface area contributed by atoms with Crippen LogP contribution in [0.3, 0.4) is 0 Å². The van der Waals surface area contributed by atoms with Crippen LogP contribution in [0.2, 0.25) is 0 Å². The lowest BCUT2D eigenvalue weighted by molar-refractivity contribution is -0.153. The Hall–Kier alpha value is -2.44. The molecule has 3 heterocycles. The Balaban J connectivity index is 1.59. The first-order valence-electron chi connectivity index (χ1n) is 10.8. The summed E-state index contributed by atoms with van der Waals surface area (Å²) in [5.74, 6) is -1.09. The summed E-state index contributed by atoms with van der Waals surface area (Å²) < 4.78 is 32.6. The Morgan fingerprint density at radius 1 is 1.29 bits per heavy atom. The second kappa shape index (κ2) is 10.9. The summed E-state index contributed by atoms with van der Waals surface area (Å²) in [5.41, 5.74) is -0.206. The lowest BCUT2D eigenvalue weighted by Gasteiger charge is -2.24. The molecule has 186 valence electrons. The van der Waals surface area contributed by atoms with Crippen LogP contribution in [0.4, 0.5) is 13.9 Å². The van der Waals surface area contributed by atoms with Crippen LogP contribution >= 0.6 is 22.7 Å². The molecule has 0 saturated carbocycles. The molecule has 0 aliphatic carbocycles. The van der Waals surface area contributed by atoms with Crippen molar-refractivity contribution in [3.8, 4) is 0 Å². The molecule has 12 heteroatoms. The minimum absolute atomic E-state index is 0.0214. The fraction of sp³-hybridized carbons (Fsp3) is 0.545. The number of amides is 2. The van der Waals surface area contributed by atoms with Gasteiger partial charge in [-0.3, -0.25) is 19.7 Å². The molecular weight excluding hydrogens is 486 g/mol. The van der Waals surface area contributed by atoms with Gasteiger partial charge in [-0.15, -0.1) is 11.3 Å². The molecule has 1 saturated heterocycles. The highest BCUT2D eigenvalue weighted by Gasteiger charge is 2.37. The van der Waals surface area contributed by atoms with Crippen LogP contribution in [0.5, 0.6) is 0 Å². The zero-order chi connectivity index (χ0) is 25.0. The third-order valence-electron chi connectivity index (χ3n) is 4.98. The molecule has 2 atom stereocenters.